The molecule has 100 valence electrons. The van der Waals surface area contributed by atoms with Gasteiger partial charge < -0.3 is 10.4 Å². The van der Waals surface area contributed by atoms with Crippen LogP contribution >= 0.6 is 0 Å². The molecule has 1 unspecified atom stereocenters. The van der Waals surface area contributed by atoms with Crippen LogP contribution in [-0.2, 0) is 0 Å². The second-order valence-electron chi connectivity index (χ2n) is 4.55. The Morgan fingerprint density at radius 3 is 2.72 bits per heavy atom. The number of amides is 1. The van der Waals surface area contributed by atoms with Crippen LogP contribution in [0.15, 0.2) is 18.2 Å². The van der Waals surface area contributed by atoms with E-state index in [1.165, 1.54) is 0 Å². The van der Waals surface area contributed by atoms with Crippen LogP contribution in [0.1, 0.15) is 37.0 Å². The zero-order valence-electron chi connectivity index (χ0n) is 10.5. The first-order valence-electron chi connectivity index (χ1n) is 5.81. The molecule has 0 fully saturated rings. The molecule has 0 spiro atoms. The Labute approximate surface area is 105 Å². The molecule has 3 nitrogen and oxygen atoms in total. The Morgan fingerprint density at radius 1 is 1.44 bits per heavy atom. The largest absolute Gasteiger partial charge is 0.388 e. The molecule has 0 saturated carbocycles. The number of hydrogen-bond acceptors (Lipinski definition) is 2. The van der Waals surface area contributed by atoms with Crippen LogP contribution in [-0.4, -0.2) is 23.2 Å². The Balaban J connectivity index is 2.69. The van der Waals surface area contributed by atoms with E-state index in [-0.39, 0.29) is 12.1 Å². The van der Waals surface area contributed by atoms with E-state index in [9.17, 15) is 18.7 Å². The maximum Gasteiger partial charge on any atom is 0.254 e. The molecule has 0 bridgehead atoms. The first kappa shape index (κ1) is 14.6. The molecule has 1 rings (SSSR count). The Kier molecular flexibility index (Phi) is 4.78. The fourth-order valence-electron chi connectivity index (χ4n) is 1.66. The van der Waals surface area contributed by atoms with E-state index < -0.39 is 23.1 Å². The topological polar surface area (TPSA) is 49.3 Å². The number of hydrogen-bond donors (Lipinski definition) is 2. The van der Waals surface area contributed by atoms with Gasteiger partial charge in [0.1, 0.15) is 11.6 Å². The normalized spacial score (nSPS) is 14.1. The second-order valence-corrected chi connectivity index (χ2v) is 4.55. The maximum absolute atomic E-state index is 13.3. The predicted molar refractivity (Wildman–Crippen MR) is 64.2 cm³/mol. The van der Waals surface area contributed by atoms with Crippen LogP contribution in [0.3, 0.4) is 0 Å². The van der Waals surface area contributed by atoms with E-state index in [4.69, 9.17) is 0 Å². The number of carbonyl (C=O) groups is 1. The highest BCUT2D eigenvalue weighted by Crippen LogP contribution is 2.12. The standard InChI is InChI=1S/C13H17F2NO2/c1-3-6-13(2,18)8-16-12(17)10-7-9(14)4-5-11(10)15/h4-5,7,18H,3,6,8H2,1-2H3,(H,16,17). The van der Waals surface area contributed by atoms with Crippen LogP contribution in [0.25, 0.3) is 0 Å². The van der Waals surface area contributed by atoms with E-state index in [1.807, 2.05) is 6.92 Å². The van der Waals surface area contributed by atoms with Crippen molar-refractivity contribution in [3.05, 3.63) is 35.4 Å². The van der Waals surface area contributed by atoms with Gasteiger partial charge in [-0.15, -0.1) is 0 Å². The molecule has 0 saturated heterocycles. The predicted octanol–water partition coefficient (Wildman–Crippen LogP) is 2.25. The zero-order chi connectivity index (χ0) is 13.8. The van der Waals surface area contributed by atoms with Crippen molar-refractivity contribution in [1.29, 1.82) is 0 Å². The number of aliphatic hydroxyl groups is 1. The van der Waals surface area contributed by atoms with Crippen LogP contribution in [0.4, 0.5) is 8.78 Å². The molecule has 0 aromatic heterocycles. The smallest absolute Gasteiger partial charge is 0.254 e. The van der Waals surface area contributed by atoms with E-state index >= 15 is 0 Å². The number of benzene rings is 1. The monoisotopic (exact) mass is 257 g/mol. The highest BCUT2D eigenvalue weighted by molar-refractivity contribution is 5.94. The molecule has 0 heterocycles. The summed E-state index contributed by atoms with van der Waals surface area (Å²) in [4.78, 5) is 11.6. The molecule has 1 aromatic carbocycles. The van der Waals surface area contributed by atoms with Gasteiger partial charge >= 0.3 is 0 Å². The minimum absolute atomic E-state index is 0.00434. The van der Waals surface area contributed by atoms with Crippen LogP contribution in [0, 0.1) is 11.6 Å². The highest BCUT2D eigenvalue weighted by atomic mass is 19.1. The summed E-state index contributed by atoms with van der Waals surface area (Å²) < 4.78 is 26.2. The molecule has 1 amide bonds. The summed E-state index contributed by atoms with van der Waals surface area (Å²) >= 11 is 0. The third kappa shape index (κ3) is 4.07. The number of carbonyl (C=O) groups excluding carboxylic acids is 1. The first-order chi connectivity index (χ1) is 8.35. The summed E-state index contributed by atoms with van der Waals surface area (Å²) in [6.45, 7) is 3.48. The SMILES string of the molecule is CCCC(C)(O)CNC(=O)c1cc(F)ccc1F. The third-order valence-corrected chi connectivity index (χ3v) is 2.59. The molecule has 0 aliphatic rings. The van der Waals surface area contributed by atoms with Crippen LogP contribution in [0.5, 0.6) is 0 Å². The second kappa shape index (κ2) is 5.91. The van der Waals surface area contributed by atoms with Crippen molar-refractivity contribution >= 4 is 5.91 Å². The lowest BCUT2D eigenvalue weighted by molar-refractivity contribution is 0.0468. The quantitative estimate of drug-likeness (QED) is 0.850. The van der Waals surface area contributed by atoms with Crippen molar-refractivity contribution in [3.8, 4) is 0 Å². The summed E-state index contributed by atoms with van der Waals surface area (Å²) in [5.74, 6) is -2.20. The van der Waals surface area contributed by atoms with Gasteiger partial charge in [0.05, 0.1) is 11.2 Å². The van der Waals surface area contributed by atoms with Gasteiger partial charge in [0.15, 0.2) is 0 Å². The van der Waals surface area contributed by atoms with Gasteiger partial charge in [0.25, 0.3) is 5.91 Å². The average molecular weight is 257 g/mol. The Bertz CT molecular complexity index is 433. The molecule has 0 aliphatic heterocycles. The average Bonchev–Trinajstić information content (AvgIpc) is 2.29. The molecular formula is C13H17F2NO2. The minimum Gasteiger partial charge on any atom is -0.388 e. The van der Waals surface area contributed by atoms with Crippen LogP contribution < -0.4 is 5.32 Å². The zero-order valence-corrected chi connectivity index (χ0v) is 10.5. The van der Waals surface area contributed by atoms with E-state index in [1.54, 1.807) is 6.92 Å². The van der Waals surface area contributed by atoms with Gasteiger partial charge in [0.2, 0.25) is 0 Å². The number of rotatable bonds is 5. The highest BCUT2D eigenvalue weighted by Gasteiger charge is 2.21. The summed E-state index contributed by atoms with van der Waals surface area (Å²) in [6, 6.07) is 2.67. The van der Waals surface area contributed by atoms with Gasteiger partial charge in [0, 0.05) is 6.54 Å². The Morgan fingerprint density at radius 2 is 2.11 bits per heavy atom. The minimum atomic E-state index is -1.05. The van der Waals surface area contributed by atoms with Gasteiger partial charge in [-0.2, -0.15) is 0 Å². The van der Waals surface area contributed by atoms with Crippen molar-refractivity contribution in [2.24, 2.45) is 0 Å². The summed E-state index contributed by atoms with van der Waals surface area (Å²) in [5, 5.41) is 12.2. The van der Waals surface area contributed by atoms with E-state index in [2.05, 4.69) is 5.32 Å². The molecule has 0 radical (unpaired) electrons. The maximum atomic E-state index is 13.3. The molecule has 5 heteroatoms. The first-order valence-corrected chi connectivity index (χ1v) is 5.81. The molecule has 2 N–H and O–H groups in total. The summed E-state index contributed by atoms with van der Waals surface area (Å²) in [7, 11) is 0. The van der Waals surface area contributed by atoms with Gasteiger partial charge in [-0.05, 0) is 31.5 Å². The molecule has 1 atom stereocenters. The van der Waals surface area contributed by atoms with Crippen molar-refractivity contribution < 1.29 is 18.7 Å². The van der Waals surface area contributed by atoms with E-state index in [0.717, 1.165) is 24.6 Å². The lowest BCUT2D eigenvalue weighted by atomic mass is 10.0. The lowest BCUT2D eigenvalue weighted by Crippen LogP contribution is -2.40. The molecule has 18 heavy (non-hydrogen) atoms. The lowest BCUT2D eigenvalue weighted by Gasteiger charge is -2.22. The van der Waals surface area contributed by atoms with Crippen molar-refractivity contribution in [2.45, 2.75) is 32.3 Å². The van der Waals surface area contributed by atoms with Crippen molar-refractivity contribution in [3.63, 3.8) is 0 Å². The van der Waals surface area contributed by atoms with Crippen molar-refractivity contribution in [1.82, 2.24) is 5.32 Å². The van der Waals surface area contributed by atoms with E-state index in [0.29, 0.717) is 6.42 Å². The fraction of sp³-hybridized carbons (Fsp3) is 0.462. The summed E-state index contributed by atoms with van der Waals surface area (Å²) in [6.07, 6.45) is 1.27. The van der Waals surface area contributed by atoms with Gasteiger partial charge in [-0.3, -0.25) is 4.79 Å². The van der Waals surface area contributed by atoms with Crippen LogP contribution in [0.2, 0.25) is 0 Å². The van der Waals surface area contributed by atoms with Crippen molar-refractivity contribution in [2.75, 3.05) is 6.54 Å². The molecule has 1 aromatic rings. The molecular weight excluding hydrogens is 240 g/mol. The summed E-state index contributed by atoms with van der Waals surface area (Å²) in [5.41, 5.74) is -1.41. The third-order valence-electron chi connectivity index (χ3n) is 2.59. The van der Waals surface area contributed by atoms with Gasteiger partial charge in [-0.1, -0.05) is 13.3 Å². The fourth-order valence-corrected chi connectivity index (χ4v) is 1.66. The number of nitrogens with one attached hydrogen (secondary N) is 1. The van der Waals surface area contributed by atoms with Gasteiger partial charge in [-0.25, -0.2) is 8.78 Å². The molecule has 0 aliphatic carbocycles. The number of halogens is 2. The Hall–Kier alpha value is -1.49.